The number of Topliss-reactive ketones (excluding diaryl/α,β-unsaturated/α-hetero) is 1. The van der Waals surface area contributed by atoms with Crippen LogP contribution in [0.25, 0.3) is 10.9 Å². The van der Waals surface area contributed by atoms with Crippen molar-refractivity contribution in [2.45, 2.75) is 44.1 Å². The van der Waals surface area contributed by atoms with Gasteiger partial charge in [0.25, 0.3) is 0 Å². The molecule has 1 aromatic carbocycles. The Labute approximate surface area is 161 Å². The number of hydrogen-bond donors (Lipinski definition) is 1. The van der Waals surface area contributed by atoms with Gasteiger partial charge in [0.1, 0.15) is 5.78 Å². The first-order chi connectivity index (χ1) is 13.0. The van der Waals surface area contributed by atoms with Crippen molar-refractivity contribution in [1.82, 2.24) is 14.8 Å². The van der Waals surface area contributed by atoms with Crippen LogP contribution < -0.4 is 0 Å². The molecule has 0 spiro atoms. The molecule has 4 aliphatic rings. The number of benzene rings is 1. The second kappa shape index (κ2) is 6.18. The fourth-order valence-electron chi connectivity index (χ4n) is 6.62. The number of para-hydroxylation sites is 1. The van der Waals surface area contributed by atoms with Crippen molar-refractivity contribution < 1.29 is 4.79 Å². The quantitative estimate of drug-likeness (QED) is 0.904. The van der Waals surface area contributed by atoms with Crippen molar-refractivity contribution in [2.75, 3.05) is 33.7 Å². The normalized spacial score (nSPS) is 34.7. The van der Waals surface area contributed by atoms with Crippen LogP contribution in [0.4, 0.5) is 0 Å². The van der Waals surface area contributed by atoms with E-state index in [1.165, 1.54) is 41.5 Å². The largest absolute Gasteiger partial charge is 0.357 e. The minimum atomic E-state index is -0.344. The van der Waals surface area contributed by atoms with Gasteiger partial charge in [0, 0.05) is 35.7 Å². The molecule has 27 heavy (non-hydrogen) atoms. The molecule has 0 radical (unpaired) electrons. The lowest BCUT2D eigenvalue weighted by Crippen LogP contribution is -2.67. The topological polar surface area (TPSA) is 39.3 Å². The highest BCUT2D eigenvalue weighted by molar-refractivity contribution is 5.94. The van der Waals surface area contributed by atoms with Gasteiger partial charge in [-0.2, -0.15) is 0 Å². The summed E-state index contributed by atoms with van der Waals surface area (Å²) in [6, 6.07) is 8.97. The first-order valence-corrected chi connectivity index (χ1v) is 10.5. The minimum Gasteiger partial charge on any atom is -0.357 e. The number of nitrogens with zero attached hydrogens (tertiary/aromatic N) is 2. The molecule has 2 aromatic rings. The Morgan fingerprint density at radius 3 is 2.93 bits per heavy atom. The summed E-state index contributed by atoms with van der Waals surface area (Å²) in [7, 11) is 4.32. The third-order valence-corrected chi connectivity index (χ3v) is 7.57. The van der Waals surface area contributed by atoms with Gasteiger partial charge >= 0.3 is 0 Å². The molecule has 1 saturated carbocycles. The number of aromatic amines is 1. The highest BCUT2D eigenvalue weighted by atomic mass is 16.1. The lowest BCUT2D eigenvalue weighted by Gasteiger charge is -2.58. The zero-order valence-corrected chi connectivity index (χ0v) is 16.8. The molecule has 0 amide bonds. The average Bonchev–Trinajstić information content (AvgIpc) is 2.99. The van der Waals surface area contributed by atoms with Crippen molar-refractivity contribution in [1.29, 1.82) is 0 Å². The SMILES string of the molecule is CC(=O)[C@@]12C[C@H]3C[C@H](CCN(C)C)[C@@H]1N(CCc1c2[nH]c2ccccc12)C3. The van der Waals surface area contributed by atoms with E-state index in [-0.39, 0.29) is 5.41 Å². The van der Waals surface area contributed by atoms with Crippen LogP contribution in [0.15, 0.2) is 24.3 Å². The number of aromatic nitrogens is 1. The van der Waals surface area contributed by atoms with Crippen molar-refractivity contribution in [2.24, 2.45) is 11.8 Å². The summed E-state index contributed by atoms with van der Waals surface area (Å²) >= 11 is 0. The van der Waals surface area contributed by atoms with Gasteiger partial charge in [-0.1, -0.05) is 18.2 Å². The number of ketones is 1. The Morgan fingerprint density at radius 1 is 1.33 bits per heavy atom. The monoisotopic (exact) mass is 365 g/mol. The third kappa shape index (κ3) is 2.46. The summed E-state index contributed by atoms with van der Waals surface area (Å²) in [6.07, 6.45) is 4.56. The summed E-state index contributed by atoms with van der Waals surface area (Å²) in [5, 5.41) is 1.32. The maximum atomic E-state index is 13.3. The molecular weight excluding hydrogens is 334 g/mol. The van der Waals surface area contributed by atoms with E-state index >= 15 is 0 Å². The zero-order chi connectivity index (χ0) is 18.8. The Kier molecular flexibility index (Phi) is 3.99. The van der Waals surface area contributed by atoms with Gasteiger partial charge in [0.15, 0.2) is 0 Å². The zero-order valence-electron chi connectivity index (χ0n) is 16.8. The molecule has 4 heteroatoms. The highest BCUT2D eigenvalue weighted by Gasteiger charge is 2.60. The van der Waals surface area contributed by atoms with Crippen LogP contribution in [0, 0.1) is 11.8 Å². The number of fused-ring (bicyclic) bond motifs is 4. The lowest BCUT2D eigenvalue weighted by molar-refractivity contribution is -0.137. The second-order valence-electron chi connectivity index (χ2n) is 9.40. The van der Waals surface area contributed by atoms with Crippen molar-refractivity contribution in [3.05, 3.63) is 35.5 Å². The van der Waals surface area contributed by atoms with E-state index < -0.39 is 0 Å². The number of hydrogen-bond acceptors (Lipinski definition) is 3. The van der Waals surface area contributed by atoms with Crippen LogP contribution in [0.1, 0.15) is 37.4 Å². The fourth-order valence-corrected chi connectivity index (χ4v) is 6.62. The standard InChI is InChI=1S/C23H31N3O/c1-15(27)23-13-16-12-17(8-10-25(2)3)22(23)26(14-16)11-9-19-18-6-4-5-7-20(18)24-21(19)23/h4-7,16-17,22,24H,8-14H2,1-3H3/t16-,17+,22+,23-/m1/s1. The van der Waals surface area contributed by atoms with Crippen molar-refractivity contribution >= 4 is 16.7 Å². The van der Waals surface area contributed by atoms with E-state index in [1.807, 2.05) is 6.92 Å². The first-order valence-electron chi connectivity index (χ1n) is 10.5. The Hall–Kier alpha value is -1.65. The smallest absolute Gasteiger partial charge is 0.143 e. The van der Waals surface area contributed by atoms with Crippen LogP contribution in [0.2, 0.25) is 0 Å². The van der Waals surface area contributed by atoms with Gasteiger partial charge in [-0.05, 0) is 76.7 Å². The third-order valence-electron chi connectivity index (χ3n) is 7.57. The molecule has 4 heterocycles. The van der Waals surface area contributed by atoms with E-state index in [9.17, 15) is 4.79 Å². The van der Waals surface area contributed by atoms with E-state index in [4.69, 9.17) is 0 Å². The number of rotatable bonds is 4. The van der Waals surface area contributed by atoms with E-state index in [2.05, 4.69) is 53.1 Å². The summed E-state index contributed by atoms with van der Waals surface area (Å²) in [5.74, 6) is 1.62. The average molecular weight is 366 g/mol. The van der Waals surface area contributed by atoms with Gasteiger partial charge in [-0.25, -0.2) is 0 Å². The molecule has 6 rings (SSSR count). The van der Waals surface area contributed by atoms with Crippen LogP contribution in [0.5, 0.6) is 0 Å². The van der Waals surface area contributed by atoms with E-state index in [0.717, 1.165) is 25.9 Å². The van der Waals surface area contributed by atoms with Crippen LogP contribution in [0.3, 0.4) is 0 Å². The Morgan fingerprint density at radius 2 is 2.15 bits per heavy atom. The van der Waals surface area contributed by atoms with Crippen molar-refractivity contribution in [3.8, 4) is 0 Å². The maximum absolute atomic E-state index is 13.3. The summed E-state index contributed by atoms with van der Waals surface area (Å²) in [4.78, 5) is 22.1. The molecule has 144 valence electrons. The molecule has 1 aromatic heterocycles. The summed E-state index contributed by atoms with van der Waals surface area (Å²) in [5.41, 5.74) is 3.51. The lowest BCUT2D eigenvalue weighted by atomic mass is 9.55. The fraction of sp³-hybridized carbons (Fsp3) is 0.609. The first kappa shape index (κ1) is 17.4. The molecule has 4 bridgehead atoms. The van der Waals surface area contributed by atoms with Gasteiger partial charge in [-0.3, -0.25) is 9.69 Å². The van der Waals surface area contributed by atoms with Crippen LogP contribution in [-0.2, 0) is 16.6 Å². The molecule has 1 aliphatic carbocycles. The van der Waals surface area contributed by atoms with Gasteiger partial charge in [-0.15, -0.1) is 0 Å². The highest BCUT2D eigenvalue weighted by Crippen LogP contribution is 2.55. The second-order valence-corrected chi connectivity index (χ2v) is 9.40. The maximum Gasteiger partial charge on any atom is 0.143 e. The predicted octanol–water partition coefficient (Wildman–Crippen LogP) is 3.21. The number of carbonyl (C=O) groups excluding carboxylic acids is 1. The van der Waals surface area contributed by atoms with Crippen LogP contribution in [-0.4, -0.2) is 60.3 Å². The number of nitrogens with one attached hydrogen (secondary N) is 1. The molecule has 5 atom stereocenters. The number of carbonyl (C=O) groups is 1. The molecule has 4 nitrogen and oxygen atoms in total. The van der Waals surface area contributed by atoms with Gasteiger partial charge in [0.2, 0.25) is 0 Å². The molecule has 3 aliphatic heterocycles. The summed E-state index contributed by atoms with van der Waals surface area (Å²) in [6.45, 7) is 5.22. The summed E-state index contributed by atoms with van der Waals surface area (Å²) < 4.78 is 0. The molecular formula is C23H31N3O. The predicted molar refractivity (Wildman–Crippen MR) is 109 cm³/mol. The Balaban J connectivity index is 1.68. The van der Waals surface area contributed by atoms with Gasteiger partial charge in [0.05, 0.1) is 5.41 Å². The van der Waals surface area contributed by atoms with Gasteiger partial charge < -0.3 is 9.88 Å². The Bertz CT molecular complexity index is 885. The number of piperidine rings is 2. The minimum absolute atomic E-state index is 0.344. The van der Waals surface area contributed by atoms with Crippen molar-refractivity contribution in [3.63, 3.8) is 0 Å². The number of H-pyrrole nitrogens is 1. The molecule has 3 fully saturated rings. The molecule has 1 N–H and O–H groups in total. The van der Waals surface area contributed by atoms with E-state index in [0.29, 0.717) is 23.7 Å². The molecule has 1 unspecified atom stereocenters. The van der Waals surface area contributed by atoms with E-state index in [1.54, 1.807) is 0 Å². The molecule has 2 saturated heterocycles. The van der Waals surface area contributed by atoms with Crippen LogP contribution >= 0.6 is 0 Å².